The molecule has 7 heteroatoms. The number of fused-ring (bicyclic) bond motifs is 1. The maximum Gasteiger partial charge on any atom is 0.224 e. The van der Waals surface area contributed by atoms with Crippen LogP contribution in [0.3, 0.4) is 0 Å². The van der Waals surface area contributed by atoms with E-state index < -0.39 is 0 Å². The molecule has 0 unspecified atom stereocenters. The summed E-state index contributed by atoms with van der Waals surface area (Å²) >= 11 is 1.67. The van der Waals surface area contributed by atoms with Gasteiger partial charge in [0, 0.05) is 33.4 Å². The van der Waals surface area contributed by atoms with E-state index in [0.717, 1.165) is 53.4 Å². The van der Waals surface area contributed by atoms with Crippen LogP contribution in [0, 0.1) is 5.92 Å². The summed E-state index contributed by atoms with van der Waals surface area (Å²) < 4.78 is 11.7. The Kier molecular flexibility index (Phi) is 6.68. The Morgan fingerprint density at radius 2 is 2.35 bits per heavy atom. The van der Waals surface area contributed by atoms with Gasteiger partial charge in [-0.25, -0.2) is 4.98 Å². The minimum absolute atomic E-state index is 0.0253. The van der Waals surface area contributed by atoms with E-state index in [1.54, 1.807) is 18.4 Å². The average Bonchev–Trinajstić information content (AvgIpc) is 3.09. The highest BCUT2D eigenvalue weighted by Gasteiger charge is 2.27. The molecule has 3 rings (SSSR count). The van der Waals surface area contributed by atoms with Crippen molar-refractivity contribution in [3.8, 4) is 5.75 Å². The summed E-state index contributed by atoms with van der Waals surface area (Å²) in [5.74, 6) is 1.05. The number of thiazole rings is 1. The lowest BCUT2D eigenvalue weighted by Crippen LogP contribution is -2.43. The number of piperidine rings is 1. The fourth-order valence-electron chi connectivity index (χ4n) is 3.22. The highest BCUT2D eigenvalue weighted by Crippen LogP contribution is 2.33. The second-order valence-electron chi connectivity index (χ2n) is 6.48. The van der Waals surface area contributed by atoms with E-state index in [-0.39, 0.29) is 11.8 Å². The molecular formula is C19H27N3O3S. The van der Waals surface area contributed by atoms with Crippen LogP contribution in [0.25, 0.3) is 10.2 Å². The molecule has 1 aliphatic rings. The van der Waals surface area contributed by atoms with Gasteiger partial charge in [0.25, 0.3) is 0 Å². The zero-order valence-electron chi connectivity index (χ0n) is 15.5. The van der Waals surface area contributed by atoms with Crippen molar-refractivity contribution in [3.63, 3.8) is 0 Å². The normalized spacial score (nSPS) is 17.5. The fraction of sp³-hybridized carbons (Fsp3) is 0.579. The number of nitrogens with zero attached hydrogens (tertiary/aromatic N) is 2. The monoisotopic (exact) mass is 377 g/mol. The van der Waals surface area contributed by atoms with E-state index >= 15 is 0 Å². The summed E-state index contributed by atoms with van der Waals surface area (Å²) in [7, 11) is 1.68. The summed E-state index contributed by atoms with van der Waals surface area (Å²) in [6.07, 6.45) is 2.79. The van der Waals surface area contributed by atoms with Crippen molar-refractivity contribution in [3.05, 3.63) is 18.2 Å². The number of nitrogens with one attached hydrogen (secondary N) is 1. The molecule has 2 aromatic rings. The predicted molar refractivity (Wildman–Crippen MR) is 105 cm³/mol. The zero-order chi connectivity index (χ0) is 18.4. The molecular weight excluding hydrogens is 350 g/mol. The number of aromatic nitrogens is 1. The van der Waals surface area contributed by atoms with Gasteiger partial charge < -0.3 is 19.7 Å². The lowest BCUT2D eigenvalue weighted by atomic mass is 9.97. The molecule has 1 aliphatic heterocycles. The molecule has 0 saturated carbocycles. The standard InChI is InChI=1S/C19H27N3O3S/c1-3-25-15-7-8-16-17(12-15)26-19(21-16)22-10-4-6-14(13-22)18(23)20-9-5-11-24-2/h7-8,12,14H,3-6,9-11,13H2,1-2H3,(H,20,23)/t14-/m0/s1. The maximum atomic E-state index is 12.4. The Morgan fingerprint density at radius 3 is 3.15 bits per heavy atom. The van der Waals surface area contributed by atoms with E-state index in [2.05, 4.69) is 10.2 Å². The Bertz CT molecular complexity index is 734. The molecule has 1 fully saturated rings. The van der Waals surface area contributed by atoms with Gasteiger partial charge in [-0.15, -0.1) is 0 Å². The summed E-state index contributed by atoms with van der Waals surface area (Å²) in [6, 6.07) is 6.01. The molecule has 0 aliphatic carbocycles. The summed E-state index contributed by atoms with van der Waals surface area (Å²) in [4.78, 5) is 19.4. The quantitative estimate of drug-likeness (QED) is 0.717. The van der Waals surface area contributed by atoms with Crippen molar-refractivity contribution in [2.45, 2.75) is 26.2 Å². The van der Waals surface area contributed by atoms with E-state index in [4.69, 9.17) is 14.5 Å². The number of amides is 1. The lowest BCUT2D eigenvalue weighted by Gasteiger charge is -2.31. The predicted octanol–water partition coefficient (Wildman–Crippen LogP) is 3.06. The summed E-state index contributed by atoms with van der Waals surface area (Å²) in [5.41, 5.74) is 0.986. The molecule has 1 aromatic carbocycles. The van der Waals surface area contributed by atoms with Gasteiger partial charge in [-0.05, 0) is 44.4 Å². The van der Waals surface area contributed by atoms with E-state index in [1.807, 2.05) is 25.1 Å². The smallest absolute Gasteiger partial charge is 0.224 e. The Balaban J connectivity index is 1.63. The molecule has 0 bridgehead atoms. The van der Waals surface area contributed by atoms with Crippen LogP contribution in [0.2, 0.25) is 0 Å². The number of anilines is 1. The number of hydrogen-bond donors (Lipinski definition) is 1. The van der Waals surface area contributed by atoms with Crippen molar-refractivity contribution >= 4 is 32.6 Å². The fourth-order valence-corrected chi connectivity index (χ4v) is 4.25. The molecule has 0 radical (unpaired) electrons. The van der Waals surface area contributed by atoms with E-state index in [0.29, 0.717) is 19.8 Å². The van der Waals surface area contributed by atoms with Crippen LogP contribution in [0.5, 0.6) is 5.75 Å². The highest BCUT2D eigenvalue weighted by atomic mass is 32.1. The number of ether oxygens (including phenoxy) is 2. The van der Waals surface area contributed by atoms with Crippen LogP contribution >= 0.6 is 11.3 Å². The second-order valence-corrected chi connectivity index (χ2v) is 7.49. The minimum atomic E-state index is 0.0253. The van der Waals surface area contributed by atoms with Gasteiger partial charge in [0.2, 0.25) is 5.91 Å². The number of carbonyl (C=O) groups is 1. The van der Waals surface area contributed by atoms with Crippen LogP contribution in [0.4, 0.5) is 5.13 Å². The average molecular weight is 378 g/mol. The largest absolute Gasteiger partial charge is 0.494 e. The molecule has 26 heavy (non-hydrogen) atoms. The van der Waals surface area contributed by atoms with Crippen molar-refractivity contribution in [2.75, 3.05) is 44.9 Å². The number of hydrogen-bond acceptors (Lipinski definition) is 6. The number of carbonyl (C=O) groups excluding carboxylic acids is 1. The van der Waals surface area contributed by atoms with E-state index in [9.17, 15) is 4.79 Å². The molecule has 1 atom stereocenters. The molecule has 6 nitrogen and oxygen atoms in total. The van der Waals surface area contributed by atoms with Crippen molar-refractivity contribution < 1.29 is 14.3 Å². The van der Waals surface area contributed by atoms with Crippen LogP contribution < -0.4 is 15.0 Å². The molecule has 0 spiro atoms. The third-order valence-electron chi connectivity index (χ3n) is 4.55. The van der Waals surface area contributed by atoms with Gasteiger partial charge in [0.05, 0.1) is 22.7 Å². The van der Waals surface area contributed by atoms with Crippen molar-refractivity contribution in [1.82, 2.24) is 10.3 Å². The summed E-state index contributed by atoms with van der Waals surface area (Å²) in [6.45, 7) is 5.66. The molecule has 2 heterocycles. The third kappa shape index (κ3) is 4.65. The Hall–Kier alpha value is -1.86. The van der Waals surface area contributed by atoms with Gasteiger partial charge in [-0.3, -0.25) is 4.79 Å². The first-order chi connectivity index (χ1) is 12.7. The maximum absolute atomic E-state index is 12.4. The van der Waals surface area contributed by atoms with Crippen molar-refractivity contribution in [1.29, 1.82) is 0 Å². The molecule has 142 valence electrons. The number of benzene rings is 1. The Morgan fingerprint density at radius 1 is 1.46 bits per heavy atom. The highest BCUT2D eigenvalue weighted by molar-refractivity contribution is 7.22. The van der Waals surface area contributed by atoms with Gasteiger partial charge in [0.1, 0.15) is 5.75 Å². The molecule has 1 N–H and O–H groups in total. The number of rotatable bonds is 8. The van der Waals surface area contributed by atoms with E-state index in [1.165, 1.54) is 0 Å². The van der Waals surface area contributed by atoms with Gasteiger partial charge in [0.15, 0.2) is 5.13 Å². The van der Waals surface area contributed by atoms with Crippen molar-refractivity contribution in [2.24, 2.45) is 5.92 Å². The van der Waals surface area contributed by atoms with Gasteiger partial charge >= 0.3 is 0 Å². The second kappa shape index (κ2) is 9.19. The zero-order valence-corrected chi connectivity index (χ0v) is 16.3. The lowest BCUT2D eigenvalue weighted by molar-refractivity contribution is -0.125. The SMILES string of the molecule is CCOc1ccc2nc(N3CCC[C@H](C(=O)NCCCOC)C3)sc2c1. The first-order valence-electron chi connectivity index (χ1n) is 9.26. The van der Waals surface area contributed by atoms with Crippen LogP contribution in [0.15, 0.2) is 18.2 Å². The van der Waals surface area contributed by atoms with Crippen LogP contribution in [-0.2, 0) is 9.53 Å². The molecule has 1 saturated heterocycles. The Labute approximate surface area is 158 Å². The van der Waals surface area contributed by atoms with Crippen LogP contribution in [-0.4, -0.2) is 50.8 Å². The van der Waals surface area contributed by atoms with Crippen LogP contribution in [0.1, 0.15) is 26.2 Å². The minimum Gasteiger partial charge on any atom is -0.494 e. The third-order valence-corrected chi connectivity index (χ3v) is 5.63. The topological polar surface area (TPSA) is 63.7 Å². The summed E-state index contributed by atoms with van der Waals surface area (Å²) in [5, 5.41) is 4.02. The number of methoxy groups -OCH3 is 1. The molecule has 1 amide bonds. The molecule has 1 aromatic heterocycles. The first-order valence-corrected chi connectivity index (χ1v) is 10.1. The van der Waals surface area contributed by atoms with Gasteiger partial charge in [-0.1, -0.05) is 11.3 Å². The first kappa shape index (κ1) is 18.9. The van der Waals surface area contributed by atoms with Gasteiger partial charge in [-0.2, -0.15) is 0 Å².